The van der Waals surface area contributed by atoms with E-state index in [1.165, 1.54) is 12.1 Å². The van der Waals surface area contributed by atoms with Crippen LogP contribution in [0.4, 0.5) is 4.39 Å². The number of rotatable bonds is 3. The molecule has 0 amide bonds. The zero-order valence-electron chi connectivity index (χ0n) is 9.17. The Morgan fingerprint density at radius 2 is 2.12 bits per heavy atom. The Hall–Kier alpha value is -1.61. The minimum absolute atomic E-state index is 0.0510. The van der Waals surface area contributed by atoms with Gasteiger partial charge in [0.2, 0.25) is 5.78 Å². The van der Waals surface area contributed by atoms with Gasteiger partial charge in [0.1, 0.15) is 11.6 Å². The van der Waals surface area contributed by atoms with Gasteiger partial charge in [-0.1, -0.05) is 17.7 Å². The van der Waals surface area contributed by atoms with Crippen molar-refractivity contribution in [1.82, 2.24) is 0 Å². The molecule has 88 valence electrons. The highest BCUT2D eigenvalue weighted by atomic mass is 35.5. The lowest BCUT2D eigenvalue weighted by Gasteiger charge is -2.00. The number of furan rings is 1. The van der Waals surface area contributed by atoms with Gasteiger partial charge < -0.3 is 4.42 Å². The molecule has 2 aromatic rings. The quantitative estimate of drug-likeness (QED) is 0.778. The molecule has 0 aliphatic heterocycles. The van der Waals surface area contributed by atoms with E-state index in [0.717, 1.165) is 0 Å². The number of carbonyl (C=O) groups is 1. The van der Waals surface area contributed by atoms with Gasteiger partial charge in [-0.25, -0.2) is 4.39 Å². The first kappa shape index (κ1) is 11.9. The maximum absolute atomic E-state index is 13.2. The molecule has 4 heteroatoms. The normalized spacial score (nSPS) is 10.5. The number of ketones is 1. The first-order valence-electron chi connectivity index (χ1n) is 5.10. The number of hydrogen-bond acceptors (Lipinski definition) is 2. The van der Waals surface area contributed by atoms with Gasteiger partial charge >= 0.3 is 0 Å². The van der Waals surface area contributed by atoms with Crippen LogP contribution in [0.3, 0.4) is 0 Å². The molecule has 0 atom stereocenters. The molecule has 0 saturated heterocycles. The molecule has 0 radical (unpaired) electrons. The van der Waals surface area contributed by atoms with Gasteiger partial charge in [0.05, 0.1) is 5.02 Å². The summed E-state index contributed by atoms with van der Waals surface area (Å²) in [7, 11) is 0. The number of Topliss-reactive ketones (excluding diaryl/α,β-unsaturated/α-hetero) is 1. The molecule has 1 heterocycles. The lowest BCUT2D eigenvalue weighted by Crippen LogP contribution is -2.02. The zero-order valence-corrected chi connectivity index (χ0v) is 9.92. The van der Waals surface area contributed by atoms with Crippen LogP contribution in [0.2, 0.25) is 5.02 Å². The Morgan fingerprint density at radius 3 is 2.71 bits per heavy atom. The Morgan fingerprint density at radius 1 is 1.35 bits per heavy atom. The zero-order chi connectivity index (χ0) is 12.4. The number of hydrogen-bond donors (Lipinski definition) is 0. The predicted octanol–water partition coefficient (Wildman–Crippen LogP) is 3.81. The fraction of sp³-hybridized carbons (Fsp3) is 0.154. The van der Waals surface area contributed by atoms with E-state index in [9.17, 15) is 9.18 Å². The van der Waals surface area contributed by atoms with Crippen molar-refractivity contribution >= 4 is 17.4 Å². The monoisotopic (exact) mass is 252 g/mol. The summed E-state index contributed by atoms with van der Waals surface area (Å²) >= 11 is 5.56. The average molecular weight is 253 g/mol. The highest BCUT2D eigenvalue weighted by molar-refractivity contribution is 6.30. The molecule has 0 aliphatic carbocycles. The lowest BCUT2D eigenvalue weighted by atomic mass is 10.1. The van der Waals surface area contributed by atoms with Gasteiger partial charge in [0, 0.05) is 6.42 Å². The Bertz CT molecular complexity index is 560. The van der Waals surface area contributed by atoms with Crippen molar-refractivity contribution in [2.24, 2.45) is 0 Å². The maximum Gasteiger partial charge on any atom is 0.202 e. The van der Waals surface area contributed by atoms with Crippen LogP contribution in [0.25, 0.3) is 0 Å². The van der Waals surface area contributed by atoms with E-state index in [4.69, 9.17) is 16.0 Å². The number of benzene rings is 1. The minimum atomic E-state index is -0.521. The molecule has 0 spiro atoms. The summed E-state index contributed by atoms with van der Waals surface area (Å²) in [5.74, 6) is 0.265. The molecule has 0 N–H and O–H groups in total. The van der Waals surface area contributed by atoms with Crippen molar-refractivity contribution < 1.29 is 13.6 Å². The molecular weight excluding hydrogens is 243 g/mol. The average Bonchev–Trinajstić information content (AvgIpc) is 2.70. The first-order chi connectivity index (χ1) is 8.06. The van der Waals surface area contributed by atoms with E-state index < -0.39 is 5.82 Å². The third-order valence-electron chi connectivity index (χ3n) is 2.36. The van der Waals surface area contributed by atoms with Crippen LogP contribution in [0, 0.1) is 12.7 Å². The standard InChI is InChI=1S/C13H10ClFO2/c1-8-2-5-13(17-8)12(16)7-9-3-4-10(14)11(15)6-9/h2-6H,7H2,1H3. The Kier molecular flexibility index (Phi) is 3.29. The number of halogens is 2. The van der Waals surface area contributed by atoms with E-state index >= 15 is 0 Å². The van der Waals surface area contributed by atoms with Crippen molar-refractivity contribution in [3.63, 3.8) is 0 Å². The van der Waals surface area contributed by atoms with Gasteiger partial charge in [-0.2, -0.15) is 0 Å². The van der Waals surface area contributed by atoms with E-state index in [-0.39, 0.29) is 23.0 Å². The molecule has 1 aromatic heterocycles. The van der Waals surface area contributed by atoms with Crippen LogP contribution in [0.1, 0.15) is 21.9 Å². The minimum Gasteiger partial charge on any atom is -0.458 e. The fourth-order valence-corrected chi connectivity index (χ4v) is 1.62. The number of aryl methyl sites for hydroxylation is 1. The summed E-state index contributed by atoms with van der Waals surface area (Å²) in [6, 6.07) is 7.65. The van der Waals surface area contributed by atoms with Crippen molar-refractivity contribution in [1.29, 1.82) is 0 Å². The first-order valence-corrected chi connectivity index (χ1v) is 5.47. The van der Waals surface area contributed by atoms with Crippen LogP contribution in [-0.2, 0) is 6.42 Å². The third-order valence-corrected chi connectivity index (χ3v) is 2.67. The highest BCUT2D eigenvalue weighted by Crippen LogP contribution is 2.17. The molecule has 1 aromatic carbocycles. The molecule has 0 saturated carbocycles. The molecule has 2 nitrogen and oxygen atoms in total. The third kappa shape index (κ3) is 2.74. The van der Waals surface area contributed by atoms with E-state index in [1.54, 1.807) is 25.1 Å². The lowest BCUT2D eigenvalue weighted by molar-refractivity contribution is 0.0965. The van der Waals surface area contributed by atoms with Crippen LogP contribution in [0.15, 0.2) is 34.7 Å². The second-order valence-electron chi connectivity index (χ2n) is 3.76. The van der Waals surface area contributed by atoms with Crippen LogP contribution in [-0.4, -0.2) is 5.78 Å². The molecule has 0 fully saturated rings. The van der Waals surface area contributed by atoms with Crippen LogP contribution < -0.4 is 0 Å². The smallest absolute Gasteiger partial charge is 0.202 e. The largest absolute Gasteiger partial charge is 0.458 e. The van der Waals surface area contributed by atoms with Gasteiger partial charge in [-0.05, 0) is 36.8 Å². The summed E-state index contributed by atoms with van der Waals surface area (Å²) in [4.78, 5) is 11.8. The second-order valence-corrected chi connectivity index (χ2v) is 4.17. The van der Waals surface area contributed by atoms with Gasteiger partial charge in [-0.3, -0.25) is 4.79 Å². The Labute approximate surface area is 103 Å². The van der Waals surface area contributed by atoms with E-state index in [2.05, 4.69) is 0 Å². The SMILES string of the molecule is Cc1ccc(C(=O)Cc2ccc(Cl)c(F)c2)o1. The molecule has 0 bridgehead atoms. The van der Waals surface area contributed by atoms with Crippen molar-refractivity contribution in [3.8, 4) is 0 Å². The van der Waals surface area contributed by atoms with Crippen LogP contribution in [0.5, 0.6) is 0 Å². The topological polar surface area (TPSA) is 30.2 Å². The predicted molar refractivity (Wildman–Crippen MR) is 62.9 cm³/mol. The van der Waals surface area contributed by atoms with Gasteiger partial charge in [0.15, 0.2) is 5.76 Å². The molecule has 0 aliphatic rings. The van der Waals surface area contributed by atoms with E-state index in [0.29, 0.717) is 11.3 Å². The Balaban J connectivity index is 2.15. The summed E-state index contributed by atoms with van der Waals surface area (Å²) in [5, 5.41) is 0.0510. The summed E-state index contributed by atoms with van der Waals surface area (Å²) in [6.07, 6.45) is 0.0983. The summed E-state index contributed by atoms with van der Waals surface area (Å²) in [5.41, 5.74) is 0.575. The second kappa shape index (κ2) is 4.72. The van der Waals surface area contributed by atoms with Gasteiger partial charge in [-0.15, -0.1) is 0 Å². The summed E-state index contributed by atoms with van der Waals surface area (Å²) < 4.78 is 18.4. The fourth-order valence-electron chi connectivity index (χ4n) is 1.51. The molecule has 0 unspecified atom stereocenters. The molecule has 2 rings (SSSR count). The number of carbonyl (C=O) groups excluding carboxylic acids is 1. The highest BCUT2D eigenvalue weighted by Gasteiger charge is 2.12. The van der Waals surface area contributed by atoms with E-state index in [1.807, 2.05) is 0 Å². The summed E-state index contributed by atoms with van der Waals surface area (Å²) in [6.45, 7) is 1.76. The van der Waals surface area contributed by atoms with Crippen LogP contribution >= 0.6 is 11.6 Å². The van der Waals surface area contributed by atoms with Crippen molar-refractivity contribution in [2.45, 2.75) is 13.3 Å². The maximum atomic E-state index is 13.2. The van der Waals surface area contributed by atoms with Crippen molar-refractivity contribution in [3.05, 3.63) is 58.3 Å². The van der Waals surface area contributed by atoms with Crippen molar-refractivity contribution in [2.75, 3.05) is 0 Å². The molecular formula is C13H10ClFO2. The molecule has 17 heavy (non-hydrogen) atoms. The van der Waals surface area contributed by atoms with Gasteiger partial charge in [0.25, 0.3) is 0 Å².